The highest BCUT2D eigenvalue weighted by atomic mass is 35.5. The molecular formula is C24H26Cl2FN5O. The Hall–Kier alpha value is -2.38. The fraction of sp³-hybridized carbons (Fsp3) is 0.458. The van der Waals surface area contributed by atoms with Gasteiger partial charge in [-0.1, -0.05) is 42.1 Å². The van der Waals surface area contributed by atoms with Crippen LogP contribution >= 0.6 is 23.2 Å². The number of carbonyl (C=O) groups excluding carboxylic acids is 1. The zero-order chi connectivity index (χ0) is 22.9. The summed E-state index contributed by atoms with van der Waals surface area (Å²) in [6.07, 6.45) is 7.69. The molecule has 1 amide bonds. The van der Waals surface area contributed by atoms with E-state index in [1.54, 1.807) is 12.1 Å². The van der Waals surface area contributed by atoms with Gasteiger partial charge in [0.1, 0.15) is 0 Å². The van der Waals surface area contributed by atoms with Gasteiger partial charge in [0.15, 0.2) is 0 Å². The van der Waals surface area contributed by atoms with E-state index in [0.717, 1.165) is 61.3 Å². The Morgan fingerprint density at radius 3 is 2.52 bits per heavy atom. The number of fused-ring (bicyclic) bond motifs is 1. The first-order valence-corrected chi connectivity index (χ1v) is 12.2. The fourth-order valence-electron chi connectivity index (χ4n) is 4.92. The molecule has 5 rings (SSSR count). The number of pyridine rings is 1. The number of amides is 1. The third-order valence-corrected chi connectivity index (χ3v) is 7.47. The lowest BCUT2D eigenvalue weighted by Gasteiger charge is -2.33. The molecule has 3 heterocycles. The van der Waals surface area contributed by atoms with Crippen molar-refractivity contribution in [2.24, 2.45) is 5.92 Å². The minimum Gasteiger partial charge on any atom is -0.353 e. The number of nitrogens with zero attached hydrogens (tertiary/aromatic N) is 4. The quantitative estimate of drug-likeness (QED) is 0.500. The minimum atomic E-state index is -0.512. The summed E-state index contributed by atoms with van der Waals surface area (Å²) in [7, 11) is 0. The average molecular weight is 490 g/mol. The number of hydrogen-bond acceptors (Lipinski definition) is 4. The second-order valence-corrected chi connectivity index (χ2v) is 9.81. The molecule has 2 aromatic heterocycles. The van der Waals surface area contributed by atoms with Crippen molar-refractivity contribution in [3.05, 3.63) is 52.0 Å². The molecule has 174 valence electrons. The summed E-state index contributed by atoms with van der Waals surface area (Å²) >= 11 is 12.6. The average Bonchev–Trinajstić information content (AvgIpc) is 3.44. The Bertz CT molecular complexity index is 1150. The number of hydrogen-bond donors (Lipinski definition) is 1. The van der Waals surface area contributed by atoms with Gasteiger partial charge < -0.3 is 14.8 Å². The molecule has 0 unspecified atom stereocenters. The van der Waals surface area contributed by atoms with Gasteiger partial charge in [-0.2, -0.15) is 4.39 Å². The highest BCUT2D eigenvalue weighted by molar-refractivity contribution is 6.42. The van der Waals surface area contributed by atoms with Crippen LogP contribution < -0.4 is 10.2 Å². The molecule has 1 saturated heterocycles. The van der Waals surface area contributed by atoms with Crippen LogP contribution in [0, 0.1) is 11.9 Å². The van der Waals surface area contributed by atoms with Crippen LogP contribution in [0.25, 0.3) is 11.0 Å². The summed E-state index contributed by atoms with van der Waals surface area (Å²) < 4.78 is 15.4. The Labute approximate surface area is 202 Å². The highest BCUT2D eigenvalue weighted by Gasteiger charge is 2.29. The van der Waals surface area contributed by atoms with Crippen LogP contribution in [-0.2, 0) is 11.3 Å². The van der Waals surface area contributed by atoms with Crippen molar-refractivity contribution in [3.8, 4) is 0 Å². The molecule has 0 atom stereocenters. The molecule has 1 aliphatic heterocycles. The first-order chi connectivity index (χ1) is 16.0. The summed E-state index contributed by atoms with van der Waals surface area (Å²) in [5.74, 6) is 0.500. The number of rotatable bonds is 5. The minimum absolute atomic E-state index is 0.0323. The number of halogens is 3. The molecular weight excluding hydrogens is 464 g/mol. The molecule has 1 saturated carbocycles. The van der Waals surface area contributed by atoms with Crippen molar-refractivity contribution < 1.29 is 9.18 Å². The molecule has 2 fully saturated rings. The van der Waals surface area contributed by atoms with Crippen LogP contribution in [0.1, 0.15) is 44.1 Å². The molecule has 0 radical (unpaired) electrons. The maximum atomic E-state index is 13.3. The van der Waals surface area contributed by atoms with Gasteiger partial charge in [-0.15, -0.1) is 0 Å². The molecule has 3 aromatic rings. The van der Waals surface area contributed by atoms with Crippen LogP contribution in [0.4, 0.5) is 10.3 Å². The standard InChI is InChI=1S/C24H26Cl2FN5O/c25-18-11-20-21(12-19(18)26)32(14-15-5-6-22(27)28-13-15)24(30-20)31-9-7-16(8-10-31)23(33)29-17-3-1-2-4-17/h5-6,11-13,16-17H,1-4,7-10,14H2,(H,29,33). The second-order valence-electron chi connectivity index (χ2n) is 8.99. The smallest absolute Gasteiger partial charge is 0.223 e. The van der Waals surface area contributed by atoms with Gasteiger partial charge in [-0.3, -0.25) is 4.79 Å². The number of anilines is 1. The Morgan fingerprint density at radius 1 is 1.09 bits per heavy atom. The van der Waals surface area contributed by atoms with E-state index in [0.29, 0.717) is 22.6 Å². The van der Waals surface area contributed by atoms with Crippen molar-refractivity contribution in [1.29, 1.82) is 0 Å². The van der Waals surface area contributed by atoms with Crippen molar-refractivity contribution in [2.45, 2.75) is 51.1 Å². The summed E-state index contributed by atoms with van der Waals surface area (Å²) in [4.78, 5) is 23.6. The van der Waals surface area contributed by atoms with Gasteiger partial charge in [0, 0.05) is 31.2 Å². The van der Waals surface area contributed by atoms with Gasteiger partial charge in [0.05, 0.1) is 27.6 Å². The Kier molecular flexibility index (Phi) is 6.43. The second kappa shape index (κ2) is 9.47. The van der Waals surface area contributed by atoms with E-state index < -0.39 is 5.95 Å². The fourth-order valence-corrected chi connectivity index (χ4v) is 5.23. The Morgan fingerprint density at radius 2 is 1.82 bits per heavy atom. The molecule has 9 heteroatoms. The lowest BCUT2D eigenvalue weighted by atomic mass is 9.95. The zero-order valence-corrected chi connectivity index (χ0v) is 19.7. The molecule has 1 aliphatic carbocycles. The van der Waals surface area contributed by atoms with Gasteiger partial charge in [-0.05, 0) is 49.4 Å². The van der Waals surface area contributed by atoms with E-state index in [1.165, 1.54) is 25.1 Å². The first kappa shape index (κ1) is 22.4. The molecule has 33 heavy (non-hydrogen) atoms. The Balaban J connectivity index is 1.38. The van der Waals surface area contributed by atoms with Crippen LogP contribution in [0.2, 0.25) is 10.0 Å². The topological polar surface area (TPSA) is 63.1 Å². The van der Waals surface area contributed by atoms with Crippen LogP contribution in [0.5, 0.6) is 0 Å². The summed E-state index contributed by atoms with van der Waals surface area (Å²) in [6.45, 7) is 1.93. The molecule has 1 N–H and O–H groups in total. The van der Waals surface area contributed by atoms with Gasteiger partial charge in [-0.25, -0.2) is 9.97 Å². The predicted molar refractivity (Wildman–Crippen MR) is 128 cm³/mol. The molecule has 6 nitrogen and oxygen atoms in total. The SMILES string of the molecule is O=C(NC1CCCC1)C1CCN(c2nc3cc(Cl)c(Cl)cc3n2Cc2ccc(F)nc2)CC1. The lowest BCUT2D eigenvalue weighted by molar-refractivity contribution is -0.126. The largest absolute Gasteiger partial charge is 0.353 e. The van der Waals surface area contributed by atoms with E-state index in [1.807, 2.05) is 6.07 Å². The zero-order valence-electron chi connectivity index (χ0n) is 18.2. The lowest BCUT2D eigenvalue weighted by Crippen LogP contribution is -2.43. The number of piperidine rings is 1. The monoisotopic (exact) mass is 489 g/mol. The predicted octanol–water partition coefficient (Wildman–Crippen LogP) is 5.20. The van der Waals surface area contributed by atoms with Crippen LogP contribution in [0.15, 0.2) is 30.5 Å². The number of imidazole rings is 1. The summed E-state index contributed by atoms with van der Waals surface area (Å²) in [5, 5.41) is 4.15. The first-order valence-electron chi connectivity index (χ1n) is 11.5. The number of nitrogens with one attached hydrogen (secondary N) is 1. The molecule has 2 aliphatic rings. The molecule has 1 aromatic carbocycles. The van der Waals surface area contributed by atoms with Crippen molar-refractivity contribution >= 4 is 46.1 Å². The number of aromatic nitrogens is 3. The van der Waals surface area contributed by atoms with E-state index in [-0.39, 0.29) is 11.8 Å². The van der Waals surface area contributed by atoms with Gasteiger partial charge in [0.2, 0.25) is 17.8 Å². The maximum Gasteiger partial charge on any atom is 0.223 e. The van der Waals surface area contributed by atoms with Gasteiger partial charge in [0.25, 0.3) is 0 Å². The van der Waals surface area contributed by atoms with Crippen molar-refractivity contribution in [1.82, 2.24) is 19.9 Å². The third-order valence-electron chi connectivity index (χ3n) is 6.75. The summed E-state index contributed by atoms with van der Waals surface area (Å²) in [5.41, 5.74) is 2.45. The molecule has 0 bridgehead atoms. The third kappa shape index (κ3) is 4.80. The van der Waals surface area contributed by atoms with E-state index >= 15 is 0 Å². The number of carbonyl (C=O) groups is 1. The maximum absolute atomic E-state index is 13.3. The van der Waals surface area contributed by atoms with Crippen LogP contribution in [0.3, 0.4) is 0 Å². The summed E-state index contributed by atoms with van der Waals surface area (Å²) in [6, 6.07) is 7.00. The molecule has 0 spiro atoms. The highest BCUT2D eigenvalue weighted by Crippen LogP contribution is 2.33. The van der Waals surface area contributed by atoms with Crippen LogP contribution in [-0.4, -0.2) is 39.6 Å². The van der Waals surface area contributed by atoms with E-state index in [2.05, 4.69) is 19.8 Å². The van der Waals surface area contributed by atoms with E-state index in [4.69, 9.17) is 28.2 Å². The van der Waals surface area contributed by atoms with Crippen molar-refractivity contribution in [3.63, 3.8) is 0 Å². The normalized spacial score (nSPS) is 17.7. The van der Waals surface area contributed by atoms with Gasteiger partial charge >= 0.3 is 0 Å². The van der Waals surface area contributed by atoms with E-state index in [9.17, 15) is 9.18 Å². The number of benzene rings is 1. The van der Waals surface area contributed by atoms with Crippen molar-refractivity contribution in [2.75, 3.05) is 18.0 Å².